The molecule has 25 heavy (non-hydrogen) atoms. The molecule has 5 nitrogen and oxygen atoms in total. The van der Waals surface area contributed by atoms with Crippen molar-refractivity contribution in [3.05, 3.63) is 54.1 Å². The minimum Gasteiger partial charge on any atom is -0.378 e. The third kappa shape index (κ3) is 3.65. The number of anilines is 3. The van der Waals surface area contributed by atoms with E-state index in [1.165, 1.54) is 0 Å². The highest BCUT2D eigenvalue weighted by Crippen LogP contribution is 2.47. The van der Waals surface area contributed by atoms with E-state index in [4.69, 9.17) is 0 Å². The van der Waals surface area contributed by atoms with Crippen LogP contribution in [0.5, 0.6) is 0 Å². The molecule has 2 aromatic carbocycles. The zero-order valence-corrected chi connectivity index (χ0v) is 14.8. The van der Waals surface area contributed by atoms with Crippen molar-refractivity contribution in [1.29, 1.82) is 0 Å². The van der Waals surface area contributed by atoms with Crippen molar-refractivity contribution in [3.8, 4) is 0 Å². The maximum atomic E-state index is 12.6. The summed E-state index contributed by atoms with van der Waals surface area (Å²) in [5.41, 5.74) is 2.58. The van der Waals surface area contributed by atoms with Crippen LogP contribution < -0.4 is 15.5 Å². The monoisotopic (exact) mass is 337 g/mol. The number of nitrogens with zero attached hydrogens (tertiary/aromatic N) is 1. The van der Waals surface area contributed by atoms with Crippen LogP contribution in [-0.4, -0.2) is 25.9 Å². The van der Waals surface area contributed by atoms with Crippen LogP contribution in [0.1, 0.15) is 18.4 Å². The number of rotatable bonds is 5. The predicted octanol–water partition coefficient (Wildman–Crippen LogP) is 3.42. The van der Waals surface area contributed by atoms with Crippen LogP contribution in [0, 0.1) is 12.3 Å². The molecule has 2 aromatic rings. The Morgan fingerprint density at radius 1 is 0.920 bits per heavy atom. The van der Waals surface area contributed by atoms with Gasteiger partial charge < -0.3 is 15.5 Å². The van der Waals surface area contributed by atoms with Gasteiger partial charge in [0.1, 0.15) is 5.41 Å². The highest BCUT2D eigenvalue weighted by Gasteiger charge is 2.56. The van der Waals surface area contributed by atoms with E-state index in [0.29, 0.717) is 18.5 Å². The van der Waals surface area contributed by atoms with E-state index in [1.54, 1.807) is 0 Å². The predicted molar refractivity (Wildman–Crippen MR) is 101 cm³/mol. The van der Waals surface area contributed by atoms with Gasteiger partial charge in [-0.15, -0.1) is 0 Å². The molecule has 5 heteroatoms. The van der Waals surface area contributed by atoms with Crippen molar-refractivity contribution in [2.24, 2.45) is 5.41 Å². The van der Waals surface area contributed by atoms with Crippen molar-refractivity contribution in [1.82, 2.24) is 0 Å². The standard InChI is InChI=1S/C20H23N3O2/c1-14-5-4-6-16(13-14)22-19(25)20(11-12-20)18(24)21-15-7-9-17(10-8-15)23(2)3/h4-10,13H,11-12H2,1-3H3,(H,21,24)(H,22,25). The number of carbonyl (C=O) groups is 2. The lowest BCUT2D eigenvalue weighted by atomic mass is 10.0. The Labute approximate surface area is 148 Å². The first-order valence-corrected chi connectivity index (χ1v) is 8.38. The van der Waals surface area contributed by atoms with Gasteiger partial charge in [0.15, 0.2) is 0 Å². The number of benzene rings is 2. The quantitative estimate of drug-likeness (QED) is 0.822. The average molecular weight is 337 g/mol. The molecular weight excluding hydrogens is 314 g/mol. The summed E-state index contributed by atoms with van der Waals surface area (Å²) in [5.74, 6) is -0.476. The SMILES string of the molecule is Cc1cccc(NC(=O)C2(C(=O)Nc3ccc(N(C)C)cc3)CC2)c1. The Kier molecular flexibility index (Phi) is 4.49. The van der Waals surface area contributed by atoms with Crippen LogP contribution in [0.15, 0.2) is 48.5 Å². The van der Waals surface area contributed by atoms with Gasteiger partial charge in [0, 0.05) is 31.2 Å². The lowest BCUT2D eigenvalue weighted by Gasteiger charge is -2.17. The largest absolute Gasteiger partial charge is 0.378 e. The topological polar surface area (TPSA) is 61.4 Å². The second-order valence-electron chi connectivity index (χ2n) is 6.80. The fourth-order valence-electron chi connectivity index (χ4n) is 2.75. The summed E-state index contributed by atoms with van der Waals surface area (Å²) in [7, 11) is 3.92. The fourth-order valence-corrected chi connectivity index (χ4v) is 2.75. The van der Waals surface area contributed by atoms with Gasteiger partial charge in [-0.3, -0.25) is 9.59 Å². The van der Waals surface area contributed by atoms with Gasteiger partial charge in [-0.2, -0.15) is 0 Å². The first-order chi connectivity index (χ1) is 11.9. The molecule has 0 aromatic heterocycles. The van der Waals surface area contributed by atoms with Crippen LogP contribution in [0.2, 0.25) is 0 Å². The number of nitrogens with one attached hydrogen (secondary N) is 2. The number of aryl methyl sites for hydroxylation is 1. The third-order valence-corrected chi connectivity index (χ3v) is 4.54. The Hall–Kier alpha value is -2.82. The molecule has 0 bridgehead atoms. The van der Waals surface area contributed by atoms with Crippen LogP contribution >= 0.6 is 0 Å². The Bertz CT molecular complexity index is 793. The number of hydrogen-bond donors (Lipinski definition) is 2. The van der Waals surface area contributed by atoms with E-state index >= 15 is 0 Å². The lowest BCUT2D eigenvalue weighted by molar-refractivity contribution is -0.131. The summed E-state index contributed by atoms with van der Waals surface area (Å²) in [5, 5.41) is 5.74. The highest BCUT2D eigenvalue weighted by atomic mass is 16.2. The summed E-state index contributed by atoms with van der Waals surface area (Å²) in [6, 6.07) is 15.1. The van der Waals surface area contributed by atoms with Gasteiger partial charge >= 0.3 is 0 Å². The van der Waals surface area contributed by atoms with Gasteiger partial charge in [0.25, 0.3) is 0 Å². The second-order valence-corrected chi connectivity index (χ2v) is 6.80. The molecule has 1 fully saturated rings. The molecule has 0 saturated heterocycles. The molecule has 1 aliphatic rings. The molecule has 0 heterocycles. The molecule has 1 aliphatic carbocycles. The lowest BCUT2D eigenvalue weighted by Crippen LogP contribution is -2.35. The van der Waals surface area contributed by atoms with Crippen molar-refractivity contribution in [2.45, 2.75) is 19.8 Å². The number of amides is 2. The fraction of sp³-hybridized carbons (Fsp3) is 0.300. The molecule has 3 rings (SSSR count). The first-order valence-electron chi connectivity index (χ1n) is 8.38. The van der Waals surface area contributed by atoms with Crippen LogP contribution in [0.25, 0.3) is 0 Å². The first kappa shape index (κ1) is 17.0. The molecule has 2 N–H and O–H groups in total. The highest BCUT2D eigenvalue weighted by molar-refractivity contribution is 6.16. The second kappa shape index (κ2) is 6.59. The van der Waals surface area contributed by atoms with Crippen molar-refractivity contribution in [3.63, 3.8) is 0 Å². The molecule has 1 saturated carbocycles. The molecule has 0 atom stereocenters. The summed E-state index contributed by atoms with van der Waals surface area (Å²) >= 11 is 0. The Morgan fingerprint density at radius 2 is 1.52 bits per heavy atom. The van der Waals surface area contributed by atoms with Crippen molar-refractivity contribution < 1.29 is 9.59 Å². The van der Waals surface area contributed by atoms with Crippen LogP contribution in [0.4, 0.5) is 17.1 Å². The molecule has 2 amide bonds. The Morgan fingerprint density at radius 3 is 2.04 bits per heavy atom. The van der Waals surface area contributed by atoms with Crippen molar-refractivity contribution >= 4 is 28.9 Å². The van der Waals surface area contributed by atoms with E-state index in [9.17, 15) is 9.59 Å². The van der Waals surface area contributed by atoms with Crippen LogP contribution in [-0.2, 0) is 9.59 Å². The van der Waals surface area contributed by atoms with Crippen LogP contribution in [0.3, 0.4) is 0 Å². The van der Waals surface area contributed by atoms with E-state index < -0.39 is 5.41 Å². The van der Waals surface area contributed by atoms with E-state index in [0.717, 1.165) is 16.9 Å². The number of hydrogen-bond acceptors (Lipinski definition) is 3. The summed E-state index contributed by atoms with van der Waals surface area (Å²) < 4.78 is 0. The third-order valence-electron chi connectivity index (χ3n) is 4.54. The van der Waals surface area contributed by atoms with Gasteiger partial charge in [0.2, 0.25) is 11.8 Å². The Balaban J connectivity index is 1.67. The van der Waals surface area contributed by atoms with E-state index in [-0.39, 0.29) is 11.8 Å². The summed E-state index contributed by atoms with van der Waals surface area (Å²) in [6.07, 6.45) is 1.15. The molecule has 0 aliphatic heterocycles. The average Bonchev–Trinajstić information content (AvgIpc) is 3.37. The van der Waals surface area contributed by atoms with Gasteiger partial charge in [-0.25, -0.2) is 0 Å². The normalized spacial score (nSPS) is 14.5. The zero-order valence-electron chi connectivity index (χ0n) is 14.8. The summed E-state index contributed by atoms with van der Waals surface area (Å²) in [6.45, 7) is 1.96. The van der Waals surface area contributed by atoms with Gasteiger partial charge in [0.05, 0.1) is 0 Å². The molecule has 0 unspecified atom stereocenters. The number of carbonyl (C=O) groups excluding carboxylic acids is 2. The minimum absolute atomic E-state index is 0.236. The summed E-state index contributed by atoms with van der Waals surface area (Å²) in [4.78, 5) is 27.2. The maximum Gasteiger partial charge on any atom is 0.240 e. The molecule has 130 valence electrons. The minimum atomic E-state index is -0.954. The molecule has 0 radical (unpaired) electrons. The van der Waals surface area contributed by atoms with E-state index in [2.05, 4.69) is 10.6 Å². The van der Waals surface area contributed by atoms with Gasteiger partial charge in [-0.05, 0) is 61.7 Å². The maximum absolute atomic E-state index is 12.6. The van der Waals surface area contributed by atoms with Gasteiger partial charge in [-0.1, -0.05) is 12.1 Å². The molecule has 0 spiro atoms. The van der Waals surface area contributed by atoms with E-state index in [1.807, 2.05) is 74.4 Å². The molecular formula is C20H23N3O2. The van der Waals surface area contributed by atoms with Crippen molar-refractivity contribution in [2.75, 3.05) is 29.6 Å². The smallest absolute Gasteiger partial charge is 0.240 e. The zero-order chi connectivity index (χ0) is 18.0.